The van der Waals surface area contributed by atoms with Crippen LogP contribution in [0.3, 0.4) is 0 Å². The quantitative estimate of drug-likeness (QED) is 0.935. The summed E-state index contributed by atoms with van der Waals surface area (Å²) in [6, 6.07) is 10.4. The minimum absolute atomic E-state index is 0.0649. The number of aromatic nitrogens is 2. The maximum Gasteiger partial charge on any atom is 0.246 e. The predicted molar refractivity (Wildman–Crippen MR) is 76.7 cm³/mol. The first-order valence-electron chi connectivity index (χ1n) is 7.50. The van der Waals surface area contributed by atoms with E-state index < -0.39 is 5.54 Å². The van der Waals surface area contributed by atoms with E-state index >= 15 is 0 Å². The summed E-state index contributed by atoms with van der Waals surface area (Å²) in [5, 5.41) is 4.24. The molecule has 1 saturated heterocycles. The van der Waals surface area contributed by atoms with E-state index in [4.69, 9.17) is 15.0 Å². The van der Waals surface area contributed by atoms with Gasteiger partial charge in [-0.2, -0.15) is 4.98 Å². The zero-order valence-electron chi connectivity index (χ0n) is 11.9. The first-order chi connectivity index (χ1) is 10.2. The highest BCUT2D eigenvalue weighted by Gasteiger charge is 2.50. The fourth-order valence-corrected chi connectivity index (χ4v) is 3.09. The number of hydrogen-bond acceptors (Lipinski definition) is 5. The van der Waals surface area contributed by atoms with E-state index in [9.17, 15) is 0 Å². The van der Waals surface area contributed by atoms with Gasteiger partial charge in [-0.15, -0.1) is 0 Å². The van der Waals surface area contributed by atoms with Gasteiger partial charge in [0.25, 0.3) is 0 Å². The molecule has 0 amide bonds. The molecule has 2 heterocycles. The Bertz CT molecular complexity index is 628. The highest BCUT2D eigenvalue weighted by Crippen LogP contribution is 2.52. The summed E-state index contributed by atoms with van der Waals surface area (Å²) in [6.45, 7) is 1.30. The molecule has 1 aromatic carbocycles. The maximum atomic E-state index is 6.42. The van der Waals surface area contributed by atoms with E-state index in [0.717, 1.165) is 31.5 Å². The van der Waals surface area contributed by atoms with Crippen molar-refractivity contribution in [3.63, 3.8) is 0 Å². The Morgan fingerprint density at radius 3 is 2.38 bits per heavy atom. The molecule has 0 radical (unpaired) electrons. The third-order valence-corrected chi connectivity index (χ3v) is 4.74. The summed E-state index contributed by atoms with van der Waals surface area (Å²) in [5.74, 6) is 1.34. The van der Waals surface area contributed by atoms with E-state index in [2.05, 4.69) is 34.4 Å². The van der Waals surface area contributed by atoms with Gasteiger partial charge < -0.3 is 15.0 Å². The first kappa shape index (κ1) is 13.0. The minimum atomic E-state index is -0.531. The molecule has 5 nitrogen and oxygen atoms in total. The monoisotopic (exact) mass is 285 g/mol. The summed E-state index contributed by atoms with van der Waals surface area (Å²) in [4.78, 5) is 4.66. The molecule has 0 atom stereocenters. The molecule has 2 N–H and O–H groups in total. The second kappa shape index (κ2) is 4.64. The number of nitrogens with two attached hydrogens (primary N) is 1. The van der Waals surface area contributed by atoms with Gasteiger partial charge in [-0.1, -0.05) is 35.5 Å². The predicted octanol–water partition coefficient (Wildman–Crippen LogP) is 2.11. The van der Waals surface area contributed by atoms with E-state index in [-0.39, 0.29) is 5.41 Å². The molecule has 0 bridgehead atoms. The lowest BCUT2D eigenvalue weighted by atomic mass is 9.91. The topological polar surface area (TPSA) is 74.2 Å². The second-order valence-electron chi connectivity index (χ2n) is 6.14. The van der Waals surface area contributed by atoms with Crippen molar-refractivity contribution >= 4 is 0 Å². The molecule has 2 aromatic rings. The summed E-state index contributed by atoms with van der Waals surface area (Å²) < 4.78 is 10.9. The summed E-state index contributed by atoms with van der Waals surface area (Å²) >= 11 is 0. The summed E-state index contributed by atoms with van der Waals surface area (Å²) in [6.07, 6.45) is 3.59. The van der Waals surface area contributed by atoms with Gasteiger partial charge >= 0.3 is 0 Å². The third kappa shape index (κ3) is 2.08. The Morgan fingerprint density at radius 2 is 1.71 bits per heavy atom. The molecule has 0 unspecified atom stereocenters. The number of nitrogens with zero attached hydrogens (tertiary/aromatic N) is 2. The lowest BCUT2D eigenvalue weighted by Gasteiger charge is -2.29. The molecule has 1 aliphatic carbocycles. The van der Waals surface area contributed by atoms with Gasteiger partial charge in [0, 0.05) is 13.2 Å². The molecular formula is C16H19N3O2. The molecule has 21 heavy (non-hydrogen) atoms. The van der Waals surface area contributed by atoms with Crippen LogP contribution in [0, 0.1) is 0 Å². The van der Waals surface area contributed by atoms with Gasteiger partial charge in [-0.3, -0.25) is 0 Å². The van der Waals surface area contributed by atoms with Crippen molar-refractivity contribution in [3.05, 3.63) is 47.6 Å². The van der Waals surface area contributed by atoms with Gasteiger partial charge in [0.15, 0.2) is 5.82 Å². The van der Waals surface area contributed by atoms with Gasteiger partial charge in [0.2, 0.25) is 5.89 Å². The van der Waals surface area contributed by atoms with Gasteiger partial charge in [-0.05, 0) is 31.2 Å². The zero-order chi connectivity index (χ0) is 14.3. The van der Waals surface area contributed by atoms with Crippen LogP contribution >= 0.6 is 0 Å². The highest BCUT2D eigenvalue weighted by atomic mass is 16.5. The number of ether oxygens (including phenoxy) is 1. The lowest BCUT2D eigenvalue weighted by Crippen LogP contribution is -2.42. The van der Waals surface area contributed by atoms with Gasteiger partial charge in [-0.25, -0.2) is 0 Å². The molecule has 2 aliphatic rings. The maximum absolute atomic E-state index is 6.42. The number of rotatable bonds is 3. The molecule has 1 aliphatic heterocycles. The highest BCUT2D eigenvalue weighted by molar-refractivity contribution is 5.38. The van der Waals surface area contributed by atoms with Crippen LogP contribution in [0.1, 0.15) is 43.0 Å². The Balaban J connectivity index is 1.66. The van der Waals surface area contributed by atoms with Crippen LogP contribution in [0.4, 0.5) is 0 Å². The van der Waals surface area contributed by atoms with E-state index in [1.165, 1.54) is 5.56 Å². The summed E-state index contributed by atoms with van der Waals surface area (Å²) in [7, 11) is 0. The van der Waals surface area contributed by atoms with Crippen LogP contribution in [0.25, 0.3) is 0 Å². The normalized spacial score (nSPS) is 22.9. The minimum Gasteiger partial charge on any atom is -0.381 e. The Labute approximate surface area is 123 Å². The smallest absolute Gasteiger partial charge is 0.246 e. The van der Waals surface area contributed by atoms with E-state index in [1.54, 1.807) is 0 Å². The van der Waals surface area contributed by atoms with Crippen molar-refractivity contribution in [2.24, 2.45) is 5.73 Å². The van der Waals surface area contributed by atoms with Crippen molar-refractivity contribution in [1.29, 1.82) is 0 Å². The largest absolute Gasteiger partial charge is 0.381 e. The molecule has 110 valence electrons. The van der Waals surface area contributed by atoms with Crippen molar-refractivity contribution in [2.75, 3.05) is 13.2 Å². The second-order valence-corrected chi connectivity index (χ2v) is 6.14. The van der Waals surface area contributed by atoms with Gasteiger partial charge in [0.05, 0.1) is 5.41 Å². The molecule has 5 heteroatoms. The van der Waals surface area contributed by atoms with Crippen LogP contribution in [-0.4, -0.2) is 23.4 Å². The SMILES string of the molecule is NC1(c2nc(C3(c4ccccc4)CC3)no2)CCOCC1. The number of hydrogen-bond donors (Lipinski definition) is 1. The fourth-order valence-electron chi connectivity index (χ4n) is 3.09. The van der Waals surface area contributed by atoms with Crippen molar-refractivity contribution in [2.45, 2.75) is 36.6 Å². The molecule has 0 spiro atoms. The van der Waals surface area contributed by atoms with Crippen LogP contribution < -0.4 is 5.73 Å². The van der Waals surface area contributed by atoms with Crippen molar-refractivity contribution < 1.29 is 9.26 Å². The Morgan fingerprint density at radius 1 is 1.00 bits per heavy atom. The standard InChI is InChI=1S/C16H19N3O2/c17-16(8-10-20-11-9-16)14-18-13(19-21-14)15(6-7-15)12-4-2-1-3-5-12/h1-5H,6-11,17H2. The van der Waals surface area contributed by atoms with Crippen LogP contribution in [0.15, 0.2) is 34.9 Å². The molecule has 4 rings (SSSR count). The first-order valence-corrected chi connectivity index (χ1v) is 7.50. The third-order valence-electron chi connectivity index (χ3n) is 4.74. The molecule has 1 aromatic heterocycles. The molecule has 2 fully saturated rings. The zero-order valence-corrected chi connectivity index (χ0v) is 11.9. The molecular weight excluding hydrogens is 266 g/mol. The van der Waals surface area contributed by atoms with Crippen LogP contribution in [0.5, 0.6) is 0 Å². The number of benzene rings is 1. The van der Waals surface area contributed by atoms with E-state index in [1.807, 2.05) is 6.07 Å². The van der Waals surface area contributed by atoms with Crippen LogP contribution in [0.2, 0.25) is 0 Å². The van der Waals surface area contributed by atoms with Crippen molar-refractivity contribution in [3.8, 4) is 0 Å². The average Bonchev–Trinajstić information content (AvgIpc) is 3.18. The Kier molecular flexibility index (Phi) is 2.87. The lowest BCUT2D eigenvalue weighted by molar-refractivity contribution is 0.0400. The Hall–Kier alpha value is -1.72. The fraction of sp³-hybridized carbons (Fsp3) is 0.500. The van der Waals surface area contributed by atoms with Crippen molar-refractivity contribution in [1.82, 2.24) is 10.1 Å². The average molecular weight is 285 g/mol. The summed E-state index contributed by atoms with van der Waals surface area (Å²) in [5.41, 5.74) is 7.08. The van der Waals surface area contributed by atoms with E-state index in [0.29, 0.717) is 19.1 Å². The molecule has 1 saturated carbocycles. The van der Waals surface area contributed by atoms with Crippen LogP contribution in [-0.2, 0) is 15.7 Å². The van der Waals surface area contributed by atoms with Gasteiger partial charge in [0.1, 0.15) is 5.54 Å².